The van der Waals surface area contributed by atoms with Gasteiger partial charge in [-0.05, 0) is 13.8 Å². The maximum Gasteiger partial charge on any atom is 0.127 e. The molecule has 9 heteroatoms. The molecule has 2 aromatic carbocycles. The fourth-order valence-electron chi connectivity index (χ4n) is 3.57. The Morgan fingerprint density at radius 3 is 0.971 bits per heavy atom. The minimum atomic E-state index is 0.501. The summed E-state index contributed by atoms with van der Waals surface area (Å²) in [5.74, 6) is 1.86. The van der Waals surface area contributed by atoms with Crippen LogP contribution in [-0.4, -0.2) is 52.9 Å². The van der Waals surface area contributed by atoms with E-state index >= 15 is 0 Å². The normalized spacial score (nSPS) is 11.1. The predicted octanol–water partition coefficient (Wildman–Crippen LogP) is 7.39. The van der Waals surface area contributed by atoms with Crippen molar-refractivity contribution in [2.24, 2.45) is 0 Å². The first-order valence-electron chi connectivity index (χ1n) is 11.5. The van der Waals surface area contributed by atoms with Gasteiger partial charge in [-0.15, -0.1) is 0 Å². The summed E-state index contributed by atoms with van der Waals surface area (Å²) in [6.07, 6.45) is 0. The Balaban J connectivity index is 1.52. The van der Waals surface area contributed by atoms with Crippen molar-refractivity contribution in [3.05, 3.63) is 57.6 Å². The molecule has 0 bridgehead atoms. The third-order valence-corrected chi connectivity index (χ3v) is 7.46. The lowest BCUT2D eigenvalue weighted by atomic mass is 10.1. The molecule has 0 saturated heterocycles. The van der Waals surface area contributed by atoms with Gasteiger partial charge >= 0.3 is 0 Å². The number of rotatable bonds is 18. The van der Waals surface area contributed by atoms with Gasteiger partial charge < -0.3 is 23.7 Å². The van der Waals surface area contributed by atoms with Gasteiger partial charge in [0.05, 0.1) is 39.6 Å². The lowest BCUT2D eigenvalue weighted by Gasteiger charge is -2.15. The van der Waals surface area contributed by atoms with Gasteiger partial charge in [0, 0.05) is 43.6 Å². The second kappa shape index (κ2) is 18.2. The Labute approximate surface area is 243 Å². The molecule has 0 N–H and O–H groups in total. The number of alkyl halides is 4. The summed E-state index contributed by atoms with van der Waals surface area (Å²) < 4.78 is 28.8. The van der Waals surface area contributed by atoms with Crippen LogP contribution in [0, 0.1) is 13.8 Å². The van der Waals surface area contributed by atoms with Gasteiger partial charge in [0.2, 0.25) is 0 Å². The molecule has 0 atom stereocenters. The number of benzene rings is 2. The van der Waals surface area contributed by atoms with Crippen LogP contribution in [0.15, 0.2) is 24.3 Å². The Bertz CT molecular complexity index is 773. The SMILES string of the molecule is Cc1cc(CBr)c(OCCOCCOCCOCCOc2c(CBr)cc(C)cc2CBr)c(CBr)c1. The number of ether oxygens (including phenoxy) is 5. The van der Waals surface area contributed by atoms with Crippen molar-refractivity contribution >= 4 is 63.7 Å². The maximum atomic E-state index is 5.99. The van der Waals surface area contributed by atoms with Crippen LogP contribution in [0.25, 0.3) is 0 Å². The van der Waals surface area contributed by atoms with Crippen molar-refractivity contribution in [3.63, 3.8) is 0 Å². The van der Waals surface area contributed by atoms with Crippen molar-refractivity contribution < 1.29 is 23.7 Å². The van der Waals surface area contributed by atoms with E-state index in [1.807, 2.05) is 0 Å². The van der Waals surface area contributed by atoms with Gasteiger partial charge in [0.15, 0.2) is 0 Å². The topological polar surface area (TPSA) is 46.2 Å². The standard InChI is InChI=1S/C26H34Br4O5/c1-19-11-21(15-27)25(22(12-19)16-28)34-9-7-32-5-3-31-4-6-33-8-10-35-26-23(17-29)13-20(2)14-24(26)18-30/h11-14H,3-10,15-18H2,1-2H3. The third kappa shape index (κ3) is 11.0. The number of hydrogen-bond donors (Lipinski definition) is 0. The quantitative estimate of drug-likeness (QED) is 0.118. The number of aryl methyl sites for hydroxylation is 2. The van der Waals surface area contributed by atoms with Crippen LogP contribution in [0.3, 0.4) is 0 Å². The van der Waals surface area contributed by atoms with Crippen LogP contribution >= 0.6 is 63.7 Å². The van der Waals surface area contributed by atoms with Gasteiger partial charge in [-0.3, -0.25) is 0 Å². The Morgan fingerprint density at radius 1 is 0.457 bits per heavy atom. The summed E-state index contributed by atoms with van der Waals surface area (Å²) in [6, 6.07) is 8.57. The van der Waals surface area contributed by atoms with E-state index in [1.165, 1.54) is 11.1 Å². The van der Waals surface area contributed by atoms with E-state index in [1.54, 1.807) is 0 Å². The molecule has 0 fully saturated rings. The van der Waals surface area contributed by atoms with Crippen molar-refractivity contribution in [2.75, 3.05) is 52.9 Å². The van der Waals surface area contributed by atoms with Gasteiger partial charge in [0.1, 0.15) is 24.7 Å². The van der Waals surface area contributed by atoms with Crippen molar-refractivity contribution in [3.8, 4) is 11.5 Å². The van der Waals surface area contributed by atoms with E-state index in [4.69, 9.17) is 23.7 Å². The van der Waals surface area contributed by atoms with E-state index in [9.17, 15) is 0 Å². The zero-order chi connectivity index (χ0) is 25.5. The molecule has 2 aromatic rings. The first-order chi connectivity index (χ1) is 17.0. The summed E-state index contributed by atoms with van der Waals surface area (Å²) in [4.78, 5) is 0. The molecule has 5 nitrogen and oxygen atoms in total. The minimum Gasteiger partial charge on any atom is -0.491 e. The van der Waals surface area contributed by atoms with Crippen LogP contribution in [0.5, 0.6) is 11.5 Å². The van der Waals surface area contributed by atoms with Gasteiger partial charge in [-0.1, -0.05) is 99.1 Å². The molecule has 2 rings (SSSR count). The second-order valence-corrected chi connectivity index (χ2v) is 10.1. The lowest BCUT2D eigenvalue weighted by Crippen LogP contribution is -2.15. The first kappa shape index (κ1) is 31.1. The van der Waals surface area contributed by atoms with Crippen LogP contribution < -0.4 is 9.47 Å². The highest BCUT2D eigenvalue weighted by Crippen LogP contribution is 2.30. The average Bonchev–Trinajstić information content (AvgIpc) is 2.86. The third-order valence-electron chi connectivity index (χ3n) is 5.04. The fraction of sp³-hybridized carbons (Fsp3) is 0.538. The van der Waals surface area contributed by atoms with E-state index in [2.05, 4.69) is 102 Å². The number of hydrogen-bond acceptors (Lipinski definition) is 5. The molecule has 0 saturated carbocycles. The summed E-state index contributed by atoms with van der Waals surface area (Å²) in [5, 5.41) is 3.03. The highest BCUT2D eigenvalue weighted by atomic mass is 79.9. The molecule has 0 heterocycles. The van der Waals surface area contributed by atoms with Crippen LogP contribution in [0.2, 0.25) is 0 Å². The van der Waals surface area contributed by atoms with Crippen LogP contribution in [0.1, 0.15) is 33.4 Å². The average molecular weight is 746 g/mol. The number of halogens is 4. The van der Waals surface area contributed by atoms with Gasteiger partial charge in [-0.25, -0.2) is 0 Å². The molecule has 0 amide bonds. The highest BCUT2D eigenvalue weighted by molar-refractivity contribution is 9.09. The molecular formula is C26H34Br4O5. The highest BCUT2D eigenvalue weighted by Gasteiger charge is 2.11. The first-order valence-corrected chi connectivity index (χ1v) is 16.0. The fourth-order valence-corrected chi connectivity index (χ4v) is 5.24. The zero-order valence-electron chi connectivity index (χ0n) is 20.3. The molecule has 196 valence electrons. The minimum absolute atomic E-state index is 0.501. The lowest BCUT2D eigenvalue weighted by molar-refractivity contribution is 0.00487. The Morgan fingerprint density at radius 2 is 0.714 bits per heavy atom. The summed E-state index contributed by atoms with van der Waals surface area (Å²) >= 11 is 14.2. The summed E-state index contributed by atoms with van der Waals surface area (Å²) in [6.45, 7) is 8.31. The predicted molar refractivity (Wildman–Crippen MR) is 156 cm³/mol. The van der Waals surface area contributed by atoms with Gasteiger partial charge in [-0.2, -0.15) is 0 Å². The van der Waals surface area contributed by atoms with E-state index in [0.29, 0.717) is 52.9 Å². The second-order valence-electron chi connectivity index (χ2n) is 7.89. The molecule has 0 unspecified atom stereocenters. The molecule has 0 spiro atoms. The van der Waals surface area contributed by atoms with E-state index in [-0.39, 0.29) is 0 Å². The molecule has 0 aliphatic heterocycles. The molecule has 0 aliphatic rings. The molecule has 35 heavy (non-hydrogen) atoms. The maximum absolute atomic E-state index is 5.99. The Kier molecular flexibility index (Phi) is 16.1. The Hall–Kier alpha value is -0.160. The molecular weight excluding hydrogens is 712 g/mol. The monoisotopic (exact) mass is 742 g/mol. The molecule has 0 aromatic heterocycles. The molecule has 0 radical (unpaired) electrons. The largest absolute Gasteiger partial charge is 0.491 e. The smallest absolute Gasteiger partial charge is 0.127 e. The summed E-state index contributed by atoms with van der Waals surface area (Å²) in [5.41, 5.74) is 7.06. The van der Waals surface area contributed by atoms with E-state index in [0.717, 1.165) is 55.1 Å². The van der Waals surface area contributed by atoms with Crippen LogP contribution in [-0.2, 0) is 35.5 Å². The van der Waals surface area contributed by atoms with Crippen molar-refractivity contribution in [1.29, 1.82) is 0 Å². The van der Waals surface area contributed by atoms with Gasteiger partial charge in [0.25, 0.3) is 0 Å². The molecule has 0 aliphatic carbocycles. The zero-order valence-corrected chi connectivity index (χ0v) is 26.7. The van der Waals surface area contributed by atoms with E-state index < -0.39 is 0 Å². The van der Waals surface area contributed by atoms with Crippen molar-refractivity contribution in [2.45, 2.75) is 35.2 Å². The van der Waals surface area contributed by atoms with Crippen LogP contribution in [0.4, 0.5) is 0 Å². The van der Waals surface area contributed by atoms with Crippen molar-refractivity contribution in [1.82, 2.24) is 0 Å². The summed E-state index contributed by atoms with van der Waals surface area (Å²) in [7, 11) is 0.